The van der Waals surface area contributed by atoms with Crippen molar-refractivity contribution in [3.8, 4) is 17.1 Å². The topological polar surface area (TPSA) is 137 Å². The summed E-state index contributed by atoms with van der Waals surface area (Å²) >= 11 is 5.99. The van der Waals surface area contributed by atoms with Gasteiger partial charge in [-0.3, -0.25) is 9.78 Å². The summed E-state index contributed by atoms with van der Waals surface area (Å²) in [6.07, 6.45) is 2.59. The van der Waals surface area contributed by atoms with E-state index in [2.05, 4.69) is 15.1 Å². The van der Waals surface area contributed by atoms with Crippen LogP contribution in [0.15, 0.2) is 67.6 Å². The van der Waals surface area contributed by atoms with E-state index in [1.807, 2.05) is 13.0 Å². The maximum Gasteiger partial charge on any atom is 0.196 e. The fourth-order valence-corrected chi connectivity index (χ4v) is 4.27. The Morgan fingerprint density at radius 1 is 1.22 bits per heavy atom. The molecule has 0 amide bonds. The molecule has 182 valence electrons. The molecular formula is C26H21ClN4O5. The van der Waals surface area contributed by atoms with Crippen LogP contribution >= 0.6 is 11.6 Å². The van der Waals surface area contributed by atoms with E-state index in [1.165, 1.54) is 6.07 Å². The van der Waals surface area contributed by atoms with Gasteiger partial charge in [0, 0.05) is 29.0 Å². The van der Waals surface area contributed by atoms with Crippen molar-refractivity contribution in [2.75, 3.05) is 0 Å². The van der Waals surface area contributed by atoms with E-state index in [0.29, 0.717) is 44.5 Å². The largest absolute Gasteiger partial charge is 0.483 e. The van der Waals surface area contributed by atoms with Gasteiger partial charge in [0.1, 0.15) is 33.9 Å². The molecule has 0 saturated heterocycles. The molecule has 3 N–H and O–H groups in total. The number of pyridine rings is 2. The second-order valence-electron chi connectivity index (χ2n) is 8.37. The summed E-state index contributed by atoms with van der Waals surface area (Å²) in [6, 6.07) is 10.3. The van der Waals surface area contributed by atoms with Crippen LogP contribution in [-0.4, -0.2) is 21.0 Å². The van der Waals surface area contributed by atoms with E-state index < -0.39 is 6.10 Å². The number of amidine groups is 1. The van der Waals surface area contributed by atoms with Crippen LogP contribution in [0.1, 0.15) is 35.4 Å². The molecule has 0 aliphatic carbocycles. The monoisotopic (exact) mass is 504 g/mol. The Morgan fingerprint density at radius 2 is 2.03 bits per heavy atom. The molecule has 0 fully saturated rings. The molecule has 0 unspecified atom stereocenters. The van der Waals surface area contributed by atoms with Gasteiger partial charge in [0.2, 0.25) is 0 Å². The molecule has 4 aromatic heterocycles. The van der Waals surface area contributed by atoms with E-state index in [0.717, 1.165) is 5.56 Å². The van der Waals surface area contributed by atoms with Crippen LogP contribution in [0.25, 0.3) is 33.4 Å². The molecule has 1 aromatic carbocycles. The van der Waals surface area contributed by atoms with Crippen molar-refractivity contribution in [2.45, 2.75) is 26.9 Å². The summed E-state index contributed by atoms with van der Waals surface area (Å²) in [4.78, 5) is 21.9. The van der Waals surface area contributed by atoms with E-state index in [1.54, 1.807) is 50.6 Å². The van der Waals surface area contributed by atoms with Crippen molar-refractivity contribution < 1.29 is 18.8 Å². The van der Waals surface area contributed by atoms with Crippen LogP contribution in [0, 0.1) is 13.8 Å². The minimum Gasteiger partial charge on any atom is -0.483 e. The Morgan fingerprint density at radius 3 is 2.81 bits per heavy atom. The average molecular weight is 505 g/mol. The second kappa shape index (κ2) is 9.01. The maximum atomic E-state index is 13.4. The quantitative estimate of drug-likeness (QED) is 0.105. The number of benzene rings is 1. The SMILES string of the molecule is Cc1cc([C@@H](C)Oc2ccc(Cl)nc2C(N)=NO)c2oc(-c3cnc4ccoc4c3)c(C)c(=O)c2c1. The molecule has 0 aliphatic rings. The lowest BCUT2D eigenvalue weighted by atomic mass is 10.00. The van der Waals surface area contributed by atoms with Crippen molar-refractivity contribution in [3.63, 3.8) is 0 Å². The molecule has 1 atom stereocenters. The summed E-state index contributed by atoms with van der Waals surface area (Å²) in [5.74, 6) is 0.388. The second-order valence-corrected chi connectivity index (χ2v) is 8.76. The van der Waals surface area contributed by atoms with Gasteiger partial charge >= 0.3 is 0 Å². The molecule has 10 heteroatoms. The zero-order valence-electron chi connectivity index (χ0n) is 19.6. The van der Waals surface area contributed by atoms with Crippen LogP contribution in [0.4, 0.5) is 0 Å². The van der Waals surface area contributed by atoms with Crippen molar-refractivity contribution in [3.05, 3.63) is 86.6 Å². The van der Waals surface area contributed by atoms with Crippen molar-refractivity contribution in [1.29, 1.82) is 0 Å². The Labute approximate surface area is 209 Å². The molecule has 36 heavy (non-hydrogen) atoms. The molecular weight excluding hydrogens is 484 g/mol. The van der Waals surface area contributed by atoms with Crippen molar-refractivity contribution >= 4 is 39.5 Å². The number of oxime groups is 1. The van der Waals surface area contributed by atoms with Crippen LogP contribution < -0.4 is 15.9 Å². The van der Waals surface area contributed by atoms with Gasteiger partial charge in [0.05, 0.1) is 11.6 Å². The summed E-state index contributed by atoms with van der Waals surface area (Å²) in [7, 11) is 0. The fourth-order valence-electron chi connectivity index (χ4n) is 4.12. The fraction of sp³-hybridized carbons (Fsp3) is 0.154. The predicted molar refractivity (Wildman–Crippen MR) is 136 cm³/mol. The number of nitrogens with zero attached hydrogens (tertiary/aromatic N) is 3. The molecule has 0 saturated carbocycles. The number of aryl methyl sites for hydroxylation is 1. The Kier molecular flexibility index (Phi) is 5.85. The maximum absolute atomic E-state index is 13.4. The lowest BCUT2D eigenvalue weighted by molar-refractivity contribution is 0.225. The molecule has 0 spiro atoms. The van der Waals surface area contributed by atoms with E-state index in [4.69, 9.17) is 36.1 Å². The van der Waals surface area contributed by atoms with Crippen molar-refractivity contribution in [1.82, 2.24) is 9.97 Å². The first kappa shape index (κ1) is 23.4. The standard InChI is InChI=1S/C26H21ClN4O5/c1-12-8-16(14(3)35-19-4-5-21(27)30-22(19)26(28)31-33)25-17(9-12)23(32)13(2)24(36-25)15-10-20-18(29-11-15)6-7-34-20/h4-11,14,33H,1-3H3,(H2,28,31)/t14-/m1/s1. The van der Waals surface area contributed by atoms with Gasteiger partial charge in [-0.25, -0.2) is 4.98 Å². The van der Waals surface area contributed by atoms with Gasteiger partial charge in [-0.2, -0.15) is 0 Å². The van der Waals surface area contributed by atoms with Crippen LogP contribution in [0.2, 0.25) is 5.15 Å². The number of rotatable bonds is 5. The van der Waals surface area contributed by atoms with Gasteiger partial charge in [-0.1, -0.05) is 16.8 Å². The third kappa shape index (κ3) is 4.03. The number of halogens is 1. The highest BCUT2D eigenvalue weighted by Gasteiger charge is 2.22. The minimum atomic E-state index is -0.606. The highest BCUT2D eigenvalue weighted by molar-refractivity contribution is 6.29. The first-order chi connectivity index (χ1) is 17.3. The number of hydrogen-bond acceptors (Lipinski definition) is 8. The van der Waals surface area contributed by atoms with Gasteiger partial charge in [0.15, 0.2) is 22.5 Å². The van der Waals surface area contributed by atoms with Crippen LogP contribution in [0.5, 0.6) is 5.75 Å². The predicted octanol–water partition coefficient (Wildman–Crippen LogP) is 5.50. The molecule has 9 nitrogen and oxygen atoms in total. The number of furan rings is 1. The summed E-state index contributed by atoms with van der Waals surface area (Å²) in [5, 5.41) is 12.7. The van der Waals surface area contributed by atoms with Crippen LogP contribution in [-0.2, 0) is 0 Å². The summed E-state index contributed by atoms with van der Waals surface area (Å²) < 4.78 is 18.0. The third-order valence-corrected chi connectivity index (χ3v) is 6.08. The Balaban J connectivity index is 1.66. The number of aromatic nitrogens is 2. The molecule has 5 aromatic rings. The number of ether oxygens (including phenoxy) is 1. The first-order valence-electron chi connectivity index (χ1n) is 11.0. The smallest absolute Gasteiger partial charge is 0.196 e. The van der Waals surface area contributed by atoms with Gasteiger partial charge in [-0.05, 0) is 56.7 Å². The molecule has 0 bridgehead atoms. The zero-order valence-corrected chi connectivity index (χ0v) is 20.3. The molecule has 0 radical (unpaired) electrons. The van der Waals surface area contributed by atoms with E-state index in [9.17, 15) is 4.79 Å². The third-order valence-electron chi connectivity index (χ3n) is 5.87. The zero-order chi connectivity index (χ0) is 25.6. The van der Waals surface area contributed by atoms with Gasteiger partial charge < -0.3 is 24.5 Å². The lowest BCUT2D eigenvalue weighted by Crippen LogP contribution is -2.18. The average Bonchev–Trinajstić information content (AvgIpc) is 3.34. The number of nitrogens with two attached hydrogens (primary N) is 1. The molecule has 4 heterocycles. The summed E-state index contributed by atoms with van der Waals surface area (Å²) in [6.45, 7) is 5.41. The molecule has 5 rings (SSSR count). The summed E-state index contributed by atoms with van der Waals surface area (Å²) in [5.41, 5.74) is 9.93. The van der Waals surface area contributed by atoms with E-state index in [-0.39, 0.29) is 27.9 Å². The van der Waals surface area contributed by atoms with E-state index >= 15 is 0 Å². The lowest BCUT2D eigenvalue weighted by Gasteiger charge is -2.19. The van der Waals surface area contributed by atoms with Crippen molar-refractivity contribution in [2.24, 2.45) is 10.9 Å². The first-order valence-corrected chi connectivity index (χ1v) is 11.4. The number of fused-ring (bicyclic) bond motifs is 2. The minimum absolute atomic E-state index is 0.0876. The normalized spacial score (nSPS) is 12.8. The van der Waals surface area contributed by atoms with Gasteiger partial charge in [0.25, 0.3) is 0 Å². The van der Waals surface area contributed by atoms with Gasteiger partial charge in [-0.15, -0.1) is 0 Å². The Bertz CT molecular complexity index is 1720. The highest BCUT2D eigenvalue weighted by Crippen LogP contribution is 2.34. The molecule has 0 aliphatic heterocycles. The number of hydrogen-bond donors (Lipinski definition) is 2. The van der Waals surface area contributed by atoms with Crippen LogP contribution in [0.3, 0.4) is 0 Å². The Hall–Kier alpha value is -4.37. The highest BCUT2D eigenvalue weighted by atomic mass is 35.5.